The molecule has 0 saturated heterocycles. The molecule has 1 N–H and O–H groups in total. The van der Waals surface area contributed by atoms with Crippen LogP contribution in [0.15, 0.2) is 72.8 Å². The molecule has 4 nitrogen and oxygen atoms in total. The lowest BCUT2D eigenvalue weighted by Gasteiger charge is -2.23. The zero-order chi connectivity index (χ0) is 21.7. The van der Waals surface area contributed by atoms with Gasteiger partial charge in [-0.1, -0.05) is 30.3 Å². The number of nitrogens with one attached hydrogen (secondary N) is 1. The summed E-state index contributed by atoms with van der Waals surface area (Å²) in [6.45, 7) is 0. The van der Waals surface area contributed by atoms with Gasteiger partial charge < -0.3 is 19.6 Å². The first-order valence-corrected chi connectivity index (χ1v) is 10.3. The Hall–Kier alpha value is -3.79. The van der Waals surface area contributed by atoms with E-state index in [0.29, 0.717) is 5.36 Å². The predicted octanol–water partition coefficient (Wildman–Crippen LogP) is 5.66. The van der Waals surface area contributed by atoms with Gasteiger partial charge in [0.1, 0.15) is 5.75 Å². The number of nitrogens with zero attached hydrogens (tertiary/aromatic N) is 2. The van der Waals surface area contributed by atoms with Gasteiger partial charge in [0.2, 0.25) is 0 Å². The van der Waals surface area contributed by atoms with E-state index in [1.165, 1.54) is 21.9 Å². The number of hydrogen-bond acceptors (Lipinski definition) is 3. The molecule has 154 valence electrons. The maximum Gasteiger partial charge on any atom is 0.119 e. The Balaban J connectivity index is 1.87. The monoisotopic (exact) mass is 407 g/mol. The molecule has 5 rings (SSSR count). The Bertz CT molecular complexity index is 1480. The highest BCUT2D eigenvalue weighted by atomic mass is 16.5. The summed E-state index contributed by atoms with van der Waals surface area (Å²) in [5.74, 6) is 0.863. The van der Waals surface area contributed by atoms with Crippen molar-refractivity contribution < 1.29 is 4.74 Å². The zero-order valence-corrected chi connectivity index (χ0v) is 18.2. The maximum atomic E-state index is 8.18. The number of aryl methyl sites for hydroxylation is 1. The van der Waals surface area contributed by atoms with Crippen LogP contribution in [0.4, 0.5) is 5.69 Å². The fourth-order valence-corrected chi connectivity index (χ4v) is 4.40. The Morgan fingerprint density at radius 1 is 0.839 bits per heavy atom. The number of hydrogen-bond donors (Lipinski definition) is 1. The third-order valence-corrected chi connectivity index (χ3v) is 6.09. The lowest BCUT2D eigenvalue weighted by Crippen LogP contribution is -2.11. The van der Waals surface area contributed by atoms with Crippen molar-refractivity contribution in [2.75, 3.05) is 26.1 Å². The van der Waals surface area contributed by atoms with Crippen molar-refractivity contribution >= 4 is 27.4 Å². The Morgan fingerprint density at radius 3 is 2.39 bits per heavy atom. The first-order valence-electron chi connectivity index (χ1n) is 10.3. The molecule has 4 heteroatoms. The van der Waals surface area contributed by atoms with Crippen LogP contribution in [0.2, 0.25) is 0 Å². The van der Waals surface area contributed by atoms with Crippen molar-refractivity contribution in [3.05, 3.63) is 78.2 Å². The summed E-state index contributed by atoms with van der Waals surface area (Å²) in [6, 6.07) is 25.3. The minimum Gasteiger partial charge on any atom is -0.497 e. The van der Waals surface area contributed by atoms with E-state index in [0.717, 1.165) is 33.6 Å². The highest BCUT2D eigenvalue weighted by Crippen LogP contribution is 2.41. The number of aromatic nitrogens is 1. The van der Waals surface area contributed by atoms with Gasteiger partial charge in [0.05, 0.1) is 23.7 Å². The number of anilines is 1. The third kappa shape index (κ3) is 3.12. The zero-order valence-electron chi connectivity index (χ0n) is 18.2. The van der Waals surface area contributed by atoms with Gasteiger partial charge in [-0.25, -0.2) is 0 Å². The standard InChI is InChI=1S/C27H25N3O/c1-29(2)21-9-12-24-26(16-21)30(3)25-15-20(28)8-11-23(25)27(24)19-6-5-18-14-22(31-4)10-7-17(18)13-19/h5-16,28H,1-4H3. The van der Waals surface area contributed by atoms with Gasteiger partial charge in [0.15, 0.2) is 0 Å². The molecule has 0 amide bonds. The van der Waals surface area contributed by atoms with E-state index in [1.54, 1.807) is 7.11 Å². The van der Waals surface area contributed by atoms with E-state index in [2.05, 4.69) is 85.2 Å². The minimum atomic E-state index is 0.516. The second-order valence-corrected chi connectivity index (χ2v) is 8.19. The number of methoxy groups -OCH3 is 1. The molecule has 0 atom stereocenters. The number of ether oxygens (including phenoxy) is 1. The molecule has 0 fully saturated rings. The SMILES string of the molecule is COc1ccc2cc(-c3c4ccc(=N)cc-4n(C)c4cc(N(C)C)ccc34)ccc2c1. The summed E-state index contributed by atoms with van der Waals surface area (Å²) in [6.07, 6.45) is 0. The molecule has 1 aliphatic carbocycles. The summed E-state index contributed by atoms with van der Waals surface area (Å²) >= 11 is 0. The Labute approximate surface area is 181 Å². The van der Waals surface area contributed by atoms with Gasteiger partial charge in [-0.05, 0) is 58.8 Å². The first kappa shape index (κ1) is 19.2. The van der Waals surface area contributed by atoms with E-state index in [1.807, 2.05) is 18.2 Å². The van der Waals surface area contributed by atoms with Gasteiger partial charge in [-0.3, -0.25) is 0 Å². The highest BCUT2D eigenvalue weighted by molar-refractivity contribution is 6.06. The molecule has 31 heavy (non-hydrogen) atoms. The normalized spacial score (nSPS) is 11.4. The quantitative estimate of drug-likeness (QED) is 0.392. The van der Waals surface area contributed by atoms with Crippen LogP contribution < -0.4 is 15.0 Å². The topological polar surface area (TPSA) is 41.2 Å². The molecule has 0 bridgehead atoms. The van der Waals surface area contributed by atoms with Gasteiger partial charge in [-0.15, -0.1) is 0 Å². The van der Waals surface area contributed by atoms with E-state index >= 15 is 0 Å². The Morgan fingerprint density at radius 2 is 1.61 bits per heavy atom. The average molecular weight is 408 g/mol. The molecule has 1 heterocycles. The summed E-state index contributed by atoms with van der Waals surface area (Å²) < 4.78 is 7.58. The molecular weight excluding hydrogens is 382 g/mol. The summed E-state index contributed by atoms with van der Waals surface area (Å²) in [4.78, 5) is 2.12. The van der Waals surface area contributed by atoms with Gasteiger partial charge in [0.25, 0.3) is 0 Å². The molecule has 1 aliphatic heterocycles. The smallest absolute Gasteiger partial charge is 0.119 e. The third-order valence-electron chi connectivity index (χ3n) is 6.09. The Kier molecular flexibility index (Phi) is 4.44. The van der Waals surface area contributed by atoms with Crippen LogP contribution >= 0.6 is 0 Å². The van der Waals surface area contributed by atoms with E-state index < -0.39 is 0 Å². The fraction of sp³-hybridized carbons (Fsp3) is 0.148. The predicted molar refractivity (Wildman–Crippen MR) is 129 cm³/mol. The van der Waals surface area contributed by atoms with Crippen molar-refractivity contribution in [3.8, 4) is 28.1 Å². The van der Waals surface area contributed by atoms with Gasteiger partial charge >= 0.3 is 0 Å². The second-order valence-electron chi connectivity index (χ2n) is 8.19. The summed E-state index contributed by atoms with van der Waals surface area (Å²) in [5, 5.41) is 12.2. The molecule has 0 unspecified atom stereocenters. The molecule has 0 aromatic heterocycles. The van der Waals surface area contributed by atoms with Crippen molar-refractivity contribution in [1.82, 2.24) is 4.57 Å². The molecule has 3 aromatic rings. The summed E-state index contributed by atoms with van der Waals surface area (Å²) in [5.41, 5.74) is 6.88. The molecule has 0 radical (unpaired) electrons. The van der Waals surface area contributed by atoms with Crippen LogP contribution in [-0.4, -0.2) is 25.8 Å². The van der Waals surface area contributed by atoms with Gasteiger partial charge in [-0.2, -0.15) is 0 Å². The molecule has 2 aliphatic rings. The van der Waals surface area contributed by atoms with E-state index in [-0.39, 0.29) is 0 Å². The van der Waals surface area contributed by atoms with Crippen molar-refractivity contribution in [1.29, 1.82) is 5.41 Å². The average Bonchev–Trinajstić information content (AvgIpc) is 2.79. The summed E-state index contributed by atoms with van der Waals surface area (Å²) in [7, 11) is 7.89. The largest absolute Gasteiger partial charge is 0.497 e. The molecule has 0 spiro atoms. The van der Waals surface area contributed by atoms with Crippen LogP contribution in [0.1, 0.15) is 0 Å². The minimum absolute atomic E-state index is 0.516. The fourth-order valence-electron chi connectivity index (χ4n) is 4.40. The highest BCUT2D eigenvalue weighted by Gasteiger charge is 2.18. The van der Waals surface area contributed by atoms with Crippen LogP contribution in [0.5, 0.6) is 5.75 Å². The number of benzene rings is 4. The molecular formula is C27H25N3O. The van der Waals surface area contributed by atoms with Crippen LogP contribution in [0.3, 0.4) is 0 Å². The van der Waals surface area contributed by atoms with E-state index in [4.69, 9.17) is 10.1 Å². The van der Waals surface area contributed by atoms with Crippen LogP contribution in [-0.2, 0) is 7.05 Å². The van der Waals surface area contributed by atoms with Gasteiger partial charge in [0, 0.05) is 43.3 Å². The number of fused-ring (bicyclic) bond motifs is 3. The molecule has 3 aromatic carbocycles. The lowest BCUT2D eigenvalue weighted by atomic mass is 9.90. The second kappa shape index (κ2) is 7.17. The number of pyridine rings is 1. The number of rotatable bonds is 3. The lowest BCUT2D eigenvalue weighted by molar-refractivity contribution is 0.415. The van der Waals surface area contributed by atoms with Crippen LogP contribution in [0.25, 0.3) is 44.1 Å². The van der Waals surface area contributed by atoms with Crippen molar-refractivity contribution in [2.45, 2.75) is 0 Å². The van der Waals surface area contributed by atoms with E-state index in [9.17, 15) is 0 Å². The van der Waals surface area contributed by atoms with Crippen LogP contribution in [0, 0.1) is 5.41 Å². The molecule has 0 saturated carbocycles. The van der Waals surface area contributed by atoms with Crippen molar-refractivity contribution in [2.24, 2.45) is 7.05 Å². The van der Waals surface area contributed by atoms with Crippen molar-refractivity contribution in [3.63, 3.8) is 0 Å². The maximum absolute atomic E-state index is 8.18. The first-order chi connectivity index (χ1) is 15.0.